The average Bonchev–Trinajstić information content (AvgIpc) is 2.84. The molecule has 2 N–H and O–H groups in total. The zero-order valence-corrected chi connectivity index (χ0v) is 13.0. The molecule has 0 unspecified atom stereocenters. The van der Waals surface area contributed by atoms with Crippen molar-refractivity contribution in [2.75, 3.05) is 12.4 Å². The number of anilines is 1. The lowest BCUT2D eigenvalue weighted by atomic mass is 10.1. The Morgan fingerprint density at radius 2 is 2.14 bits per heavy atom. The van der Waals surface area contributed by atoms with Crippen molar-refractivity contribution in [3.05, 3.63) is 46.8 Å². The summed E-state index contributed by atoms with van der Waals surface area (Å²) in [4.78, 5) is 12.2. The number of nitrogens with one attached hydrogen (secondary N) is 2. The Kier molecular flexibility index (Phi) is 4.62. The summed E-state index contributed by atoms with van der Waals surface area (Å²) in [5.41, 5.74) is 4.86. The molecule has 0 atom stereocenters. The second kappa shape index (κ2) is 6.43. The van der Waals surface area contributed by atoms with Gasteiger partial charge in [0, 0.05) is 43.7 Å². The van der Waals surface area contributed by atoms with Gasteiger partial charge >= 0.3 is 0 Å². The predicted molar refractivity (Wildman–Crippen MR) is 84.5 cm³/mol. The van der Waals surface area contributed by atoms with Crippen molar-refractivity contribution in [1.82, 2.24) is 15.1 Å². The largest absolute Gasteiger partial charge is 0.388 e. The van der Waals surface area contributed by atoms with Gasteiger partial charge in [-0.15, -0.1) is 0 Å². The van der Waals surface area contributed by atoms with E-state index in [-0.39, 0.29) is 5.91 Å². The lowest BCUT2D eigenvalue weighted by Crippen LogP contribution is -2.23. The van der Waals surface area contributed by atoms with Crippen LogP contribution in [0, 0.1) is 6.92 Å². The van der Waals surface area contributed by atoms with Crippen molar-refractivity contribution in [2.45, 2.75) is 26.8 Å². The highest BCUT2D eigenvalue weighted by molar-refractivity contribution is 5.94. The van der Waals surface area contributed by atoms with Crippen LogP contribution in [0.1, 0.15) is 34.1 Å². The average molecular weight is 286 g/mol. The first-order chi connectivity index (χ1) is 10.0. The van der Waals surface area contributed by atoms with Crippen LogP contribution in [0.5, 0.6) is 0 Å². The second-order valence-corrected chi connectivity index (χ2v) is 5.09. The molecule has 1 aromatic heterocycles. The quantitative estimate of drug-likeness (QED) is 0.886. The lowest BCUT2D eigenvalue weighted by Gasteiger charge is -2.09. The number of hydrogen-bond acceptors (Lipinski definition) is 3. The zero-order chi connectivity index (χ0) is 15.4. The number of nitrogens with zero attached hydrogens (tertiary/aromatic N) is 2. The highest BCUT2D eigenvalue weighted by Gasteiger charge is 2.10. The fourth-order valence-corrected chi connectivity index (χ4v) is 2.39. The molecule has 21 heavy (non-hydrogen) atoms. The van der Waals surface area contributed by atoms with Gasteiger partial charge in [-0.05, 0) is 37.1 Å². The van der Waals surface area contributed by atoms with Crippen LogP contribution < -0.4 is 10.6 Å². The Bertz CT molecular complexity index is 646. The Morgan fingerprint density at radius 3 is 2.76 bits per heavy atom. The maximum absolute atomic E-state index is 12.2. The third-order valence-corrected chi connectivity index (χ3v) is 3.52. The summed E-state index contributed by atoms with van der Waals surface area (Å²) in [6.45, 7) is 4.55. The number of rotatable bonds is 5. The lowest BCUT2D eigenvalue weighted by molar-refractivity contribution is 0.0951. The molecule has 0 radical (unpaired) electrons. The number of carbonyl (C=O) groups excluding carboxylic acids is 1. The summed E-state index contributed by atoms with van der Waals surface area (Å²) < 4.78 is 1.78. The maximum Gasteiger partial charge on any atom is 0.251 e. The van der Waals surface area contributed by atoms with E-state index in [1.165, 1.54) is 0 Å². The highest BCUT2D eigenvalue weighted by Crippen LogP contribution is 2.16. The molecular weight excluding hydrogens is 264 g/mol. The third kappa shape index (κ3) is 3.42. The van der Waals surface area contributed by atoms with Crippen LogP contribution in [-0.2, 0) is 20.0 Å². The number of benzene rings is 1. The van der Waals surface area contributed by atoms with Crippen molar-refractivity contribution in [2.24, 2.45) is 7.05 Å². The van der Waals surface area contributed by atoms with E-state index >= 15 is 0 Å². The van der Waals surface area contributed by atoms with Crippen molar-refractivity contribution in [3.8, 4) is 0 Å². The number of carbonyl (C=O) groups is 1. The normalized spacial score (nSPS) is 10.5. The van der Waals surface area contributed by atoms with E-state index in [9.17, 15) is 4.79 Å². The Hall–Kier alpha value is -2.30. The van der Waals surface area contributed by atoms with Gasteiger partial charge in [-0.25, -0.2) is 0 Å². The molecule has 0 saturated carbocycles. The van der Waals surface area contributed by atoms with Gasteiger partial charge in [-0.3, -0.25) is 9.48 Å². The molecular formula is C16H22N4O. The molecule has 1 aromatic carbocycles. The summed E-state index contributed by atoms with van der Waals surface area (Å²) >= 11 is 0. The fraction of sp³-hybridized carbons (Fsp3) is 0.375. The van der Waals surface area contributed by atoms with Gasteiger partial charge in [0.25, 0.3) is 5.91 Å². The van der Waals surface area contributed by atoms with Gasteiger partial charge in [-0.2, -0.15) is 5.10 Å². The molecule has 2 aromatic rings. The first-order valence-electron chi connectivity index (χ1n) is 7.13. The van der Waals surface area contributed by atoms with Crippen molar-refractivity contribution < 1.29 is 4.79 Å². The Balaban J connectivity index is 2.06. The van der Waals surface area contributed by atoms with E-state index in [1.807, 2.05) is 45.4 Å². The number of amides is 1. The molecule has 0 aliphatic heterocycles. The van der Waals surface area contributed by atoms with E-state index in [0.717, 1.165) is 28.9 Å². The number of hydrogen-bond donors (Lipinski definition) is 2. The molecule has 0 fully saturated rings. The zero-order valence-electron chi connectivity index (χ0n) is 13.0. The van der Waals surface area contributed by atoms with E-state index in [1.54, 1.807) is 4.68 Å². The molecule has 0 aliphatic carbocycles. The topological polar surface area (TPSA) is 59.0 Å². The van der Waals surface area contributed by atoms with Crippen LogP contribution in [0.3, 0.4) is 0 Å². The van der Waals surface area contributed by atoms with Gasteiger partial charge in [-0.1, -0.05) is 6.92 Å². The van der Waals surface area contributed by atoms with Crippen LogP contribution in [0.2, 0.25) is 0 Å². The summed E-state index contributed by atoms with van der Waals surface area (Å²) in [5.74, 6) is -0.0633. The Morgan fingerprint density at radius 1 is 1.38 bits per heavy atom. The van der Waals surface area contributed by atoms with E-state index < -0.39 is 0 Å². The molecule has 1 heterocycles. The van der Waals surface area contributed by atoms with E-state index in [0.29, 0.717) is 12.1 Å². The minimum atomic E-state index is -0.0633. The number of aryl methyl sites for hydroxylation is 3. The SMILES string of the molecule is CCc1nn(C)cc1CNC(=O)c1ccc(NC)c(C)c1. The fourth-order valence-electron chi connectivity index (χ4n) is 2.39. The van der Waals surface area contributed by atoms with Crippen LogP contribution >= 0.6 is 0 Å². The van der Waals surface area contributed by atoms with Crippen LogP contribution in [0.4, 0.5) is 5.69 Å². The molecule has 112 valence electrons. The van der Waals surface area contributed by atoms with Gasteiger partial charge in [0.1, 0.15) is 0 Å². The molecule has 2 rings (SSSR count). The Labute approximate surface area is 125 Å². The van der Waals surface area contributed by atoms with Gasteiger partial charge in [0.05, 0.1) is 5.69 Å². The van der Waals surface area contributed by atoms with E-state index in [4.69, 9.17) is 0 Å². The van der Waals surface area contributed by atoms with Gasteiger partial charge in [0.15, 0.2) is 0 Å². The molecule has 0 aliphatic rings. The van der Waals surface area contributed by atoms with Crippen molar-refractivity contribution in [1.29, 1.82) is 0 Å². The predicted octanol–water partition coefficient (Wildman–Crippen LogP) is 2.26. The molecule has 5 nitrogen and oxygen atoms in total. The van der Waals surface area contributed by atoms with Crippen molar-refractivity contribution in [3.63, 3.8) is 0 Å². The molecule has 0 spiro atoms. The molecule has 0 bridgehead atoms. The first-order valence-corrected chi connectivity index (χ1v) is 7.13. The highest BCUT2D eigenvalue weighted by atomic mass is 16.1. The summed E-state index contributed by atoms with van der Waals surface area (Å²) in [5, 5.41) is 10.4. The molecule has 0 saturated heterocycles. The standard InChI is InChI=1S/C16H22N4O/c1-5-14-13(10-20(4)19-14)9-18-16(21)12-6-7-15(17-3)11(2)8-12/h6-8,10,17H,5,9H2,1-4H3,(H,18,21). The monoisotopic (exact) mass is 286 g/mol. The third-order valence-electron chi connectivity index (χ3n) is 3.52. The molecule has 5 heteroatoms. The minimum absolute atomic E-state index is 0.0633. The number of aromatic nitrogens is 2. The second-order valence-electron chi connectivity index (χ2n) is 5.09. The molecule has 1 amide bonds. The smallest absolute Gasteiger partial charge is 0.251 e. The summed E-state index contributed by atoms with van der Waals surface area (Å²) in [6.07, 6.45) is 2.82. The van der Waals surface area contributed by atoms with Crippen molar-refractivity contribution >= 4 is 11.6 Å². The summed E-state index contributed by atoms with van der Waals surface area (Å²) in [7, 11) is 3.76. The summed E-state index contributed by atoms with van der Waals surface area (Å²) in [6, 6.07) is 5.65. The first kappa shape index (κ1) is 15.1. The van der Waals surface area contributed by atoms with E-state index in [2.05, 4.69) is 22.7 Å². The van der Waals surface area contributed by atoms with Gasteiger partial charge < -0.3 is 10.6 Å². The maximum atomic E-state index is 12.2. The van der Waals surface area contributed by atoms with Crippen LogP contribution in [-0.4, -0.2) is 22.7 Å². The van der Waals surface area contributed by atoms with Crippen LogP contribution in [0.25, 0.3) is 0 Å². The van der Waals surface area contributed by atoms with Gasteiger partial charge in [0.2, 0.25) is 0 Å². The van der Waals surface area contributed by atoms with Crippen LogP contribution in [0.15, 0.2) is 24.4 Å². The minimum Gasteiger partial charge on any atom is -0.388 e.